The van der Waals surface area contributed by atoms with Gasteiger partial charge in [0, 0.05) is 17.5 Å². The monoisotopic (exact) mass is 277 g/mol. The molecule has 0 amide bonds. The van der Waals surface area contributed by atoms with Crippen molar-refractivity contribution < 1.29 is 9.13 Å². The molecule has 3 rings (SSSR count). The van der Waals surface area contributed by atoms with E-state index in [9.17, 15) is 4.39 Å². The highest BCUT2D eigenvalue weighted by atomic mass is 19.1. The fourth-order valence-corrected chi connectivity index (χ4v) is 3.35. The smallest absolute Gasteiger partial charge is 0.123 e. The molecule has 0 unspecified atom stereocenters. The first-order chi connectivity index (χ1) is 9.73. The van der Waals surface area contributed by atoms with Gasteiger partial charge in [0.25, 0.3) is 0 Å². The van der Waals surface area contributed by atoms with Crippen molar-refractivity contribution in [1.82, 2.24) is 0 Å². The van der Waals surface area contributed by atoms with Gasteiger partial charge < -0.3 is 10.5 Å². The van der Waals surface area contributed by atoms with E-state index in [2.05, 4.69) is 0 Å². The molecule has 3 heteroatoms. The number of rotatable bonds is 5. The predicted octanol–water partition coefficient (Wildman–Crippen LogP) is 3.78. The molecule has 20 heavy (non-hydrogen) atoms. The number of nitrogens with two attached hydrogens (primary N) is 1. The van der Waals surface area contributed by atoms with E-state index >= 15 is 0 Å². The summed E-state index contributed by atoms with van der Waals surface area (Å²) in [6.45, 7) is 1.34. The van der Waals surface area contributed by atoms with Gasteiger partial charge in [0.15, 0.2) is 0 Å². The van der Waals surface area contributed by atoms with E-state index in [1.165, 1.54) is 38.2 Å². The van der Waals surface area contributed by atoms with Crippen molar-refractivity contribution in [2.75, 3.05) is 13.2 Å². The Kier molecular flexibility index (Phi) is 3.97. The Morgan fingerprint density at radius 3 is 2.60 bits per heavy atom. The molecular formula is C17H24FNO. The molecule has 0 spiro atoms. The minimum absolute atomic E-state index is 0.0841. The van der Waals surface area contributed by atoms with Gasteiger partial charge in [-0.1, -0.05) is 19.3 Å². The molecule has 0 heterocycles. The normalized spacial score (nSPS) is 21.7. The summed E-state index contributed by atoms with van der Waals surface area (Å²) in [6.07, 6.45) is 8.23. The van der Waals surface area contributed by atoms with Gasteiger partial charge in [-0.05, 0) is 49.8 Å². The lowest BCUT2D eigenvalue weighted by Crippen LogP contribution is -2.37. The summed E-state index contributed by atoms with van der Waals surface area (Å²) in [6, 6.07) is 4.94. The average molecular weight is 277 g/mol. The van der Waals surface area contributed by atoms with Crippen LogP contribution in [0, 0.1) is 11.7 Å². The second-order valence-corrected chi connectivity index (χ2v) is 6.44. The molecule has 1 aromatic rings. The largest absolute Gasteiger partial charge is 0.493 e. The standard InChI is InChI=1S/C17H24FNO/c18-14-6-7-16(20-11-13-4-5-13)15(10-14)17(12-19)8-2-1-3-9-17/h6-7,10,13H,1-5,8-9,11-12,19H2. The first-order valence-electron chi connectivity index (χ1n) is 7.86. The van der Waals surface area contributed by atoms with Crippen molar-refractivity contribution in [3.63, 3.8) is 0 Å². The van der Waals surface area contributed by atoms with Crippen molar-refractivity contribution in [1.29, 1.82) is 0 Å². The lowest BCUT2D eigenvalue weighted by atomic mass is 9.69. The van der Waals surface area contributed by atoms with E-state index in [0.29, 0.717) is 12.5 Å². The molecule has 2 saturated carbocycles. The zero-order valence-corrected chi connectivity index (χ0v) is 12.0. The molecule has 0 bridgehead atoms. The van der Waals surface area contributed by atoms with E-state index in [-0.39, 0.29) is 11.2 Å². The molecule has 2 N–H and O–H groups in total. The van der Waals surface area contributed by atoms with Crippen LogP contribution in [0.1, 0.15) is 50.5 Å². The quantitative estimate of drug-likeness (QED) is 0.889. The first kappa shape index (κ1) is 13.9. The molecule has 0 atom stereocenters. The van der Waals surface area contributed by atoms with Crippen LogP contribution in [-0.4, -0.2) is 13.2 Å². The predicted molar refractivity (Wildman–Crippen MR) is 78.4 cm³/mol. The minimum Gasteiger partial charge on any atom is -0.493 e. The van der Waals surface area contributed by atoms with Crippen LogP contribution in [0.5, 0.6) is 5.75 Å². The van der Waals surface area contributed by atoms with Crippen molar-refractivity contribution in [2.45, 2.75) is 50.4 Å². The summed E-state index contributed by atoms with van der Waals surface area (Å²) in [7, 11) is 0. The summed E-state index contributed by atoms with van der Waals surface area (Å²) >= 11 is 0. The molecule has 0 radical (unpaired) electrons. The third-order valence-corrected chi connectivity index (χ3v) is 4.89. The van der Waals surface area contributed by atoms with Crippen LogP contribution in [-0.2, 0) is 5.41 Å². The maximum absolute atomic E-state index is 13.7. The molecule has 2 aliphatic rings. The van der Waals surface area contributed by atoms with Crippen LogP contribution < -0.4 is 10.5 Å². The summed E-state index contributed by atoms with van der Waals surface area (Å²) in [5, 5.41) is 0. The highest BCUT2D eigenvalue weighted by molar-refractivity contribution is 5.41. The zero-order valence-electron chi connectivity index (χ0n) is 12.0. The van der Waals surface area contributed by atoms with Gasteiger partial charge in [-0.3, -0.25) is 0 Å². The Balaban J connectivity index is 1.89. The summed E-state index contributed by atoms with van der Waals surface area (Å²) in [5.74, 6) is 1.37. The van der Waals surface area contributed by atoms with Crippen LogP contribution in [0.25, 0.3) is 0 Å². The molecule has 2 fully saturated rings. The van der Waals surface area contributed by atoms with Crippen LogP contribution >= 0.6 is 0 Å². The van der Waals surface area contributed by atoms with Gasteiger partial charge in [0.2, 0.25) is 0 Å². The van der Waals surface area contributed by atoms with Gasteiger partial charge in [0.1, 0.15) is 11.6 Å². The lowest BCUT2D eigenvalue weighted by Gasteiger charge is -2.37. The summed E-state index contributed by atoms with van der Waals surface area (Å²) in [5.41, 5.74) is 7.00. The van der Waals surface area contributed by atoms with E-state index in [0.717, 1.165) is 30.8 Å². The van der Waals surface area contributed by atoms with Crippen LogP contribution in [0.4, 0.5) is 4.39 Å². The SMILES string of the molecule is NCC1(c2cc(F)ccc2OCC2CC2)CCCCC1. The van der Waals surface area contributed by atoms with Gasteiger partial charge in [-0.15, -0.1) is 0 Å². The topological polar surface area (TPSA) is 35.2 Å². The number of ether oxygens (including phenoxy) is 1. The third-order valence-electron chi connectivity index (χ3n) is 4.89. The average Bonchev–Trinajstić information content (AvgIpc) is 3.31. The Morgan fingerprint density at radius 2 is 1.95 bits per heavy atom. The van der Waals surface area contributed by atoms with Crippen LogP contribution in [0.15, 0.2) is 18.2 Å². The second kappa shape index (κ2) is 5.72. The molecule has 0 saturated heterocycles. The van der Waals surface area contributed by atoms with Gasteiger partial charge in [-0.25, -0.2) is 4.39 Å². The minimum atomic E-state index is -0.183. The van der Waals surface area contributed by atoms with Crippen molar-refractivity contribution in [3.8, 4) is 5.75 Å². The second-order valence-electron chi connectivity index (χ2n) is 6.44. The maximum Gasteiger partial charge on any atom is 0.123 e. The van der Waals surface area contributed by atoms with E-state index in [4.69, 9.17) is 10.5 Å². The fraction of sp³-hybridized carbons (Fsp3) is 0.647. The molecule has 0 aliphatic heterocycles. The summed E-state index contributed by atoms with van der Waals surface area (Å²) < 4.78 is 19.7. The number of hydrogen-bond acceptors (Lipinski definition) is 2. The molecule has 2 nitrogen and oxygen atoms in total. The lowest BCUT2D eigenvalue weighted by molar-refractivity contribution is 0.261. The van der Waals surface area contributed by atoms with Crippen molar-refractivity contribution >= 4 is 0 Å². The van der Waals surface area contributed by atoms with Crippen molar-refractivity contribution in [2.24, 2.45) is 11.7 Å². The fourth-order valence-electron chi connectivity index (χ4n) is 3.35. The maximum atomic E-state index is 13.7. The van der Waals surface area contributed by atoms with Gasteiger partial charge >= 0.3 is 0 Å². The Hall–Kier alpha value is -1.09. The third kappa shape index (κ3) is 2.83. The van der Waals surface area contributed by atoms with Gasteiger partial charge in [-0.2, -0.15) is 0 Å². The highest BCUT2D eigenvalue weighted by Gasteiger charge is 2.35. The number of hydrogen-bond donors (Lipinski definition) is 1. The molecule has 110 valence electrons. The van der Waals surface area contributed by atoms with E-state index in [1.807, 2.05) is 0 Å². The molecular weight excluding hydrogens is 253 g/mol. The number of benzene rings is 1. The van der Waals surface area contributed by atoms with Crippen LogP contribution in [0.3, 0.4) is 0 Å². The Labute approximate surface area is 120 Å². The van der Waals surface area contributed by atoms with Crippen molar-refractivity contribution in [3.05, 3.63) is 29.6 Å². The molecule has 2 aliphatic carbocycles. The van der Waals surface area contributed by atoms with Gasteiger partial charge in [0.05, 0.1) is 6.61 Å². The van der Waals surface area contributed by atoms with E-state index < -0.39 is 0 Å². The summed E-state index contributed by atoms with van der Waals surface area (Å²) in [4.78, 5) is 0. The Bertz CT molecular complexity index is 464. The molecule has 1 aromatic carbocycles. The number of halogens is 1. The van der Waals surface area contributed by atoms with E-state index in [1.54, 1.807) is 12.1 Å². The molecule has 0 aromatic heterocycles. The van der Waals surface area contributed by atoms with Crippen LogP contribution in [0.2, 0.25) is 0 Å². The highest BCUT2D eigenvalue weighted by Crippen LogP contribution is 2.43. The zero-order chi connectivity index (χ0) is 14.0. The first-order valence-corrected chi connectivity index (χ1v) is 7.86. The Morgan fingerprint density at radius 1 is 1.20 bits per heavy atom.